The summed E-state index contributed by atoms with van der Waals surface area (Å²) in [5.74, 6) is 0.291. The van der Waals surface area contributed by atoms with Crippen LogP contribution in [0.5, 0.6) is 11.5 Å². The summed E-state index contributed by atoms with van der Waals surface area (Å²) in [6.07, 6.45) is -0.919. The van der Waals surface area contributed by atoms with E-state index >= 15 is 0 Å². The zero-order chi connectivity index (χ0) is 21.3. The summed E-state index contributed by atoms with van der Waals surface area (Å²) in [6.45, 7) is -0.340. The number of thiophene rings is 2. The smallest absolute Gasteiger partial charge is 0.270 e. The van der Waals surface area contributed by atoms with Gasteiger partial charge in [-0.3, -0.25) is 4.79 Å². The van der Waals surface area contributed by atoms with Gasteiger partial charge in [0.2, 0.25) is 0 Å². The molecule has 0 amide bonds. The lowest BCUT2D eigenvalue weighted by Crippen LogP contribution is -2.21. The minimum atomic E-state index is -0.919. The van der Waals surface area contributed by atoms with Crippen molar-refractivity contribution in [1.29, 1.82) is 5.26 Å². The fourth-order valence-electron chi connectivity index (χ4n) is 2.97. The van der Waals surface area contributed by atoms with Crippen LogP contribution in [0.1, 0.15) is 5.56 Å². The Morgan fingerprint density at radius 3 is 2.60 bits per heavy atom. The van der Waals surface area contributed by atoms with Crippen LogP contribution in [-0.2, 0) is 0 Å². The fraction of sp³-hybridized carbons (Fsp3) is 0.143. The van der Waals surface area contributed by atoms with Crippen molar-refractivity contribution < 1.29 is 20.1 Å². The van der Waals surface area contributed by atoms with Crippen LogP contribution in [0, 0.1) is 11.3 Å². The molecule has 0 aliphatic carbocycles. The fourth-order valence-corrected chi connectivity index (χ4v) is 5.03. The predicted molar refractivity (Wildman–Crippen MR) is 116 cm³/mol. The molecule has 0 saturated heterocycles. The van der Waals surface area contributed by atoms with Crippen molar-refractivity contribution in [3.63, 3.8) is 0 Å². The van der Waals surface area contributed by atoms with Crippen LogP contribution in [0.25, 0.3) is 31.1 Å². The maximum absolute atomic E-state index is 11.9. The molecule has 3 heterocycles. The van der Waals surface area contributed by atoms with Crippen LogP contribution in [0.15, 0.2) is 46.6 Å². The van der Waals surface area contributed by atoms with E-state index in [1.807, 2.05) is 29.6 Å². The monoisotopic (exact) mass is 440 g/mol. The maximum atomic E-state index is 11.9. The van der Waals surface area contributed by atoms with Gasteiger partial charge in [0.25, 0.3) is 5.56 Å². The second-order valence-electron chi connectivity index (χ2n) is 6.48. The second kappa shape index (κ2) is 8.30. The van der Waals surface area contributed by atoms with Crippen LogP contribution < -0.4 is 10.3 Å². The summed E-state index contributed by atoms with van der Waals surface area (Å²) in [6, 6.07) is 13.0. The Morgan fingerprint density at radius 2 is 1.90 bits per heavy atom. The van der Waals surface area contributed by atoms with Crippen LogP contribution in [-0.4, -0.2) is 39.6 Å². The molecular formula is C21H16N2O5S2. The number of hydrogen-bond acceptors (Lipinski definition) is 8. The number of aromatic nitrogens is 1. The SMILES string of the molecule is N#Cc1c(O)c2c(-c3ccc(-c4ccc(OCC(O)CO)cc4)s3)csc2[nH]c1=O. The van der Waals surface area contributed by atoms with Gasteiger partial charge in [-0.25, -0.2) is 0 Å². The quantitative estimate of drug-likeness (QED) is 0.364. The minimum absolute atomic E-state index is 0.0144. The number of aliphatic hydroxyl groups excluding tert-OH is 2. The summed E-state index contributed by atoms with van der Waals surface area (Å²) in [5.41, 5.74) is 0.836. The normalized spacial score (nSPS) is 12.0. The highest BCUT2D eigenvalue weighted by molar-refractivity contribution is 7.20. The number of aromatic hydroxyl groups is 1. The van der Waals surface area contributed by atoms with Crippen LogP contribution in [0.2, 0.25) is 0 Å². The van der Waals surface area contributed by atoms with E-state index < -0.39 is 11.7 Å². The van der Waals surface area contributed by atoms with Crippen molar-refractivity contribution in [2.75, 3.05) is 13.2 Å². The van der Waals surface area contributed by atoms with Gasteiger partial charge in [-0.05, 0) is 42.0 Å². The lowest BCUT2D eigenvalue weighted by atomic mass is 10.1. The number of H-pyrrole nitrogens is 1. The number of rotatable bonds is 6. The van der Waals surface area contributed by atoms with Crippen molar-refractivity contribution in [3.8, 4) is 38.4 Å². The number of hydrogen-bond donors (Lipinski definition) is 4. The number of nitrogens with zero attached hydrogens (tertiary/aromatic N) is 1. The molecule has 0 fully saturated rings. The van der Waals surface area contributed by atoms with Gasteiger partial charge in [0.1, 0.15) is 35.1 Å². The molecule has 7 nitrogen and oxygen atoms in total. The van der Waals surface area contributed by atoms with Gasteiger partial charge >= 0.3 is 0 Å². The van der Waals surface area contributed by atoms with Gasteiger partial charge < -0.3 is 25.0 Å². The summed E-state index contributed by atoms with van der Waals surface area (Å²) in [5, 5.41) is 40.1. The highest BCUT2D eigenvalue weighted by Crippen LogP contribution is 2.43. The highest BCUT2D eigenvalue weighted by Gasteiger charge is 2.18. The van der Waals surface area contributed by atoms with E-state index in [4.69, 9.17) is 15.1 Å². The lowest BCUT2D eigenvalue weighted by molar-refractivity contribution is 0.0536. The van der Waals surface area contributed by atoms with Crippen LogP contribution >= 0.6 is 22.7 Å². The van der Waals surface area contributed by atoms with Gasteiger partial charge in [0, 0.05) is 20.7 Å². The number of pyridine rings is 1. The van der Waals surface area contributed by atoms with Crippen LogP contribution in [0.3, 0.4) is 0 Å². The van der Waals surface area contributed by atoms with Crippen molar-refractivity contribution >= 4 is 32.9 Å². The largest absolute Gasteiger partial charge is 0.506 e. The Bertz CT molecular complexity index is 1300. The Labute approximate surface area is 178 Å². The number of aromatic amines is 1. The number of ether oxygens (including phenoxy) is 1. The number of aliphatic hydroxyl groups is 2. The molecule has 9 heteroatoms. The van der Waals surface area contributed by atoms with E-state index in [0.29, 0.717) is 16.0 Å². The number of fused-ring (bicyclic) bond motifs is 1. The second-order valence-corrected chi connectivity index (χ2v) is 8.44. The van der Waals surface area contributed by atoms with Crippen LogP contribution in [0.4, 0.5) is 0 Å². The molecule has 0 aliphatic rings. The average molecular weight is 441 g/mol. The van der Waals surface area contributed by atoms with E-state index in [2.05, 4.69) is 4.98 Å². The third-order valence-corrected chi connectivity index (χ3v) is 6.56. The van der Waals surface area contributed by atoms with Crippen molar-refractivity contribution in [3.05, 3.63) is 57.7 Å². The van der Waals surface area contributed by atoms with E-state index in [0.717, 1.165) is 20.9 Å². The summed E-state index contributed by atoms with van der Waals surface area (Å²) < 4.78 is 5.42. The molecule has 0 radical (unpaired) electrons. The van der Waals surface area contributed by atoms with Crippen molar-refractivity contribution in [2.45, 2.75) is 6.10 Å². The molecule has 1 atom stereocenters. The number of benzene rings is 1. The highest BCUT2D eigenvalue weighted by atomic mass is 32.1. The summed E-state index contributed by atoms with van der Waals surface area (Å²) in [7, 11) is 0. The van der Waals surface area contributed by atoms with Gasteiger partial charge in [-0.15, -0.1) is 22.7 Å². The number of nitrogens with one attached hydrogen (secondary N) is 1. The molecule has 3 aromatic heterocycles. The van der Waals surface area contributed by atoms with Gasteiger partial charge in [0.15, 0.2) is 5.56 Å². The summed E-state index contributed by atoms with van der Waals surface area (Å²) >= 11 is 2.82. The molecule has 152 valence electrons. The molecule has 4 rings (SSSR count). The zero-order valence-electron chi connectivity index (χ0n) is 15.5. The van der Waals surface area contributed by atoms with E-state index in [-0.39, 0.29) is 24.5 Å². The first-order chi connectivity index (χ1) is 14.5. The van der Waals surface area contributed by atoms with Gasteiger partial charge in [-0.2, -0.15) is 5.26 Å². The molecule has 0 aliphatic heterocycles. The van der Waals surface area contributed by atoms with E-state index in [9.17, 15) is 15.0 Å². The average Bonchev–Trinajstić information content (AvgIpc) is 3.40. The molecular weight excluding hydrogens is 424 g/mol. The first-order valence-electron chi connectivity index (χ1n) is 8.90. The molecule has 4 aromatic rings. The molecule has 1 unspecified atom stereocenters. The Kier molecular flexibility index (Phi) is 5.57. The first-order valence-corrected chi connectivity index (χ1v) is 10.6. The molecule has 30 heavy (non-hydrogen) atoms. The number of nitriles is 1. The molecule has 0 bridgehead atoms. The topological polar surface area (TPSA) is 127 Å². The Balaban J connectivity index is 1.64. The molecule has 4 N–H and O–H groups in total. The van der Waals surface area contributed by atoms with Gasteiger partial charge in [0.05, 0.1) is 12.0 Å². The predicted octanol–water partition coefficient (Wildman–Crippen LogP) is 3.29. The van der Waals surface area contributed by atoms with E-state index in [1.165, 1.54) is 22.7 Å². The zero-order valence-corrected chi connectivity index (χ0v) is 17.1. The van der Waals surface area contributed by atoms with Crippen molar-refractivity contribution in [2.24, 2.45) is 0 Å². The molecule has 0 spiro atoms. The third-order valence-electron chi connectivity index (χ3n) is 4.49. The third kappa shape index (κ3) is 3.69. The standard InChI is InChI=1S/C21H16N2O5S2/c22-7-14-19(26)18-15(10-29-21(18)23-20(14)27)17-6-5-16(30-17)11-1-3-13(4-2-11)28-9-12(25)8-24/h1-6,10,12,24-25H,8-9H2,(H2,23,26,27). The first kappa shape index (κ1) is 20.1. The Morgan fingerprint density at radius 1 is 1.17 bits per heavy atom. The maximum Gasteiger partial charge on any atom is 0.270 e. The lowest BCUT2D eigenvalue weighted by Gasteiger charge is -2.10. The van der Waals surface area contributed by atoms with Gasteiger partial charge in [-0.1, -0.05) is 0 Å². The molecule has 0 saturated carbocycles. The Hall–Kier alpha value is -3.16. The molecule has 1 aromatic carbocycles. The summed E-state index contributed by atoms with van der Waals surface area (Å²) in [4.78, 5) is 16.9. The minimum Gasteiger partial charge on any atom is -0.506 e. The van der Waals surface area contributed by atoms with E-state index in [1.54, 1.807) is 18.2 Å². The van der Waals surface area contributed by atoms with Crippen molar-refractivity contribution in [1.82, 2.24) is 4.98 Å².